The van der Waals surface area contributed by atoms with E-state index in [0.29, 0.717) is 22.9 Å². The molecule has 0 radical (unpaired) electrons. The number of aliphatic imine (C=N–C) groups is 5. The van der Waals surface area contributed by atoms with Gasteiger partial charge in [0.15, 0.2) is 29.8 Å². The summed E-state index contributed by atoms with van der Waals surface area (Å²) < 4.78 is 0. The van der Waals surface area contributed by atoms with Crippen LogP contribution in [0.5, 0.6) is 0 Å². The molecule has 1 heterocycles. The molecule has 12 amide bonds. The lowest BCUT2D eigenvalue weighted by Gasteiger charge is -2.31. The highest BCUT2D eigenvalue weighted by molar-refractivity contribution is 6.00. The number of aromatic nitrogens is 1. The second kappa shape index (κ2) is 49.8. The van der Waals surface area contributed by atoms with Crippen LogP contribution in [0.15, 0.2) is 55.4 Å². The van der Waals surface area contributed by atoms with Crippen LogP contribution >= 0.6 is 0 Å². The molecule has 0 saturated carbocycles. The first-order chi connectivity index (χ1) is 52.6. The van der Waals surface area contributed by atoms with Crippen molar-refractivity contribution in [3.63, 3.8) is 0 Å². The van der Waals surface area contributed by atoms with Crippen molar-refractivity contribution in [1.82, 2.24) is 63.5 Å². The summed E-state index contributed by atoms with van der Waals surface area (Å²) in [5.74, 6) is -13.4. The fourth-order valence-corrected chi connectivity index (χ4v) is 11.4. The number of carbonyl (C=O) groups excluding carboxylic acids is 12. The predicted octanol–water partition coefficient (Wildman–Crippen LogP) is -5.80. The van der Waals surface area contributed by atoms with E-state index in [9.17, 15) is 52.7 Å². The smallest absolute Gasteiger partial charge is 0.243 e. The van der Waals surface area contributed by atoms with Gasteiger partial charge in [-0.15, -0.1) is 0 Å². The van der Waals surface area contributed by atoms with Gasteiger partial charge in [0.2, 0.25) is 70.9 Å². The second-order valence-electron chi connectivity index (χ2n) is 28.9. The van der Waals surface area contributed by atoms with Gasteiger partial charge in [-0.3, -0.25) is 82.5 Å². The minimum Gasteiger partial charge on any atom is -0.370 e. The molecule has 2 aromatic rings. The molecule has 1 aromatic carbocycles. The van der Waals surface area contributed by atoms with Gasteiger partial charge in [0.25, 0.3) is 0 Å². The summed E-state index contributed by atoms with van der Waals surface area (Å²) in [6.45, 7) is 18.6. The van der Waals surface area contributed by atoms with E-state index in [2.05, 4.69) is 88.4 Å². The number of nitrogens with two attached hydrogens (primary N) is 12. The monoisotopic (exact) mass is 1580 g/mol. The topological polar surface area (TPSA) is 727 Å². The van der Waals surface area contributed by atoms with Gasteiger partial charge >= 0.3 is 0 Å². The molecule has 0 saturated heterocycles. The number of nitrogens with one attached hydrogen (secondary N) is 12. The second-order valence-corrected chi connectivity index (χ2v) is 28.9. The van der Waals surface area contributed by atoms with Crippen molar-refractivity contribution in [3.8, 4) is 0 Å². The molecule has 14 atom stereocenters. The van der Waals surface area contributed by atoms with E-state index in [1.165, 1.54) is 6.92 Å². The first-order valence-corrected chi connectivity index (χ1v) is 37.8. The molecular weight excluding hydrogens is 1450 g/mol. The minimum absolute atomic E-state index is 0.0217. The Balaban J connectivity index is 2.59. The molecule has 1 aromatic heterocycles. The van der Waals surface area contributed by atoms with Gasteiger partial charge in [0, 0.05) is 56.2 Å². The van der Waals surface area contributed by atoms with Gasteiger partial charge in [-0.25, -0.2) is 0 Å². The zero-order valence-electron chi connectivity index (χ0n) is 66.5. The van der Waals surface area contributed by atoms with Crippen molar-refractivity contribution in [2.75, 3.05) is 32.7 Å². The van der Waals surface area contributed by atoms with Crippen molar-refractivity contribution < 1.29 is 57.5 Å². The van der Waals surface area contributed by atoms with Crippen LogP contribution in [0.4, 0.5) is 0 Å². The van der Waals surface area contributed by atoms with Crippen LogP contribution in [-0.2, 0) is 64.0 Å². The van der Waals surface area contributed by atoms with Gasteiger partial charge in [-0.1, -0.05) is 100 Å². The van der Waals surface area contributed by atoms with E-state index in [-0.39, 0.29) is 151 Å². The molecule has 36 N–H and O–H groups in total. The standard InChI is InChI=1S/C71H127N29O12/c1-12-38(9)53(65(111)97-50(33-41-34-89-43-21-15-14-20-42(41)43)61(107)94-45(23-17-28-85-68(76)77)57(103)91-44(55(73)101)22-16-27-84-67(74)75)99-60(106)47(25-19-30-87-70(80)81)93-59(105)48(26-31-88-71(82)83)92-56(102)40(11)90-64(110)52(37(7)8)98-66(112)54(39(10)13-2)100-62(108)49(32-35(3)4)96-58(104)46(24-18-29-86-69(78)79)95-63(109)51(72)36(5)6/h14-15,20-21,34-40,44-54,89H,12-13,16-19,22-33,72H2,1-11H3,(H2,73,101)(H,90,110)(H,91,103)(H,92,102)(H,93,105)(H,94,107)(H,95,109)(H,96,104)(H,97,111)(H,98,112)(H,99,106)(H,100,108)(H4,74,75,84)(H4,76,77,85)(H4,78,79,86)(H4,80,81,87)(H4,82,83,88)/t38-,39-,40-,44-,45-,46-,47-,48-,49-,50-,51-,52-,53-,54-/m0/s1. The summed E-state index contributed by atoms with van der Waals surface area (Å²) in [5, 5.41) is 30.4. The van der Waals surface area contributed by atoms with Gasteiger partial charge in [-0.05, 0) is 112 Å². The number of aromatic amines is 1. The number of H-pyrrole nitrogens is 1. The molecule has 0 bridgehead atoms. The number of nitrogens with zero attached hydrogens (tertiary/aromatic N) is 5. The van der Waals surface area contributed by atoms with Crippen LogP contribution in [0.2, 0.25) is 0 Å². The SMILES string of the molecule is CC[C@H](C)[C@H](NC(=O)[C@H](CCCN=C(N)N)NC(=O)[C@H](CCN=C(N)N)NC(=O)[C@H](C)NC(=O)[C@@H](NC(=O)[C@@H](NC(=O)[C@H](CC(C)C)NC(=O)[C@H](CCCN=C(N)N)NC(=O)[C@@H](N)C(C)C)[C@@H](C)CC)C(C)C)C(=O)N[C@@H](Cc1c[nH]c2ccccc12)C(=O)N[C@@H](CCCN=C(N)N)C(=O)N[C@@H](CCCN=C(N)N)C(N)=O. The largest absolute Gasteiger partial charge is 0.370 e. The van der Waals surface area contributed by atoms with Crippen molar-refractivity contribution in [2.45, 2.75) is 232 Å². The normalized spacial score (nSPS) is 14.9. The highest BCUT2D eigenvalue weighted by atomic mass is 16.2. The number of para-hydroxylation sites is 1. The fourth-order valence-electron chi connectivity index (χ4n) is 11.4. The van der Waals surface area contributed by atoms with Crippen LogP contribution < -0.4 is 127 Å². The number of carbonyl (C=O) groups is 12. The summed E-state index contributed by atoms with van der Waals surface area (Å²) in [4.78, 5) is 194. The average Bonchev–Trinajstić information content (AvgIpc) is 1.65. The summed E-state index contributed by atoms with van der Waals surface area (Å²) in [7, 11) is 0. The van der Waals surface area contributed by atoms with E-state index in [1.54, 1.807) is 85.9 Å². The molecule has 2 rings (SSSR count). The third-order valence-electron chi connectivity index (χ3n) is 18.4. The molecule has 41 heteroatoms. The highest BCUT2D eigenvalue weighted by Gasteiger charge is 2.39. The van der Waals surface area contributed by atoms with Crippen molar-refractivity contribution in [3.05, 3.63) is 36.0 Å². The molecular formula is C71H127N29O12. The Morgan fingerprint density at radius 3 is 1.12 bits per heavy atom. The van der Waals surface area contributed by atoms with Crippen LogP contribution in [0.1, 0.15) is 159 Å². The average molecular weight is 1580 g/mol. The third kappa shape index (κ3) is 35.6. The number of hydrogen-bond donors (Lipinski definition) is 24. The Hall–Kier alpha value is -11.3. The predicted molar refractivity (Wildman–Crippen MR) is 429 cm³/mol. The lowest BCUT2D eigenvalue weighted by atomic mass is 9.95. The van der Waals surface area contributed by atoms with Gasteiger partial charge in [-0.2, -0.15) is 0 Å². The molecule has 112 heavy (non-hydrogen) atoms. The number of fused-ring (bicyclic) bond motifs is 1. The summed E-state index contributed by atoms with van der Waals surface area (Å²) in [6.07, 6.45) is 2.46. The van der Waals surface area contributed by atoms with Gasteiger partial charge < -0.3 is 132 Å². The zero-order valence-corrected chi connectivity index (χ0v) is 66.5. The number of amides is 12. The van der Waals surface area contributed by atoms with E-state index in [1.807, 2.05) is 13.8 Å². The van der Waals surface area contributed by atoms with E-state index >= 15 is 4.79 Å². The lowest BCUT2D eigenvalue weighted by molar-refractivity contribution is -0.137. The van der Waals surface area contributed by atoms with Crippen LogP contribution in [0.3, 0.4) is 0 Å². The molecule has 0 aliphatic carbocycles. The quantitative estimate of drug-likeness (QED) is 0.0167. The highest BCUT2D eigenvalue weighted by Crippen LogP contribution is 2.21. The maximum absolute atomic E-state index is 15.0. The fraction of sp³-hybridized carbons (Fsp3) is 0.648. The van der Waals surface area contributed by atoms with Crippen molar-refractivity contribution in [2.24, 2.45) is 123 Å². The Kier molecular flexibility index (Phi) is 43.0. The number of guanidine groups is 5. The minimum atomic E-state index is -1.54. The number of primary amides is 1. The number of hydrogen-bond acceptors (Lipinski definition) is 18. The number of rotatable bonds is 52. The Labute approximate surface area is 654 Å². The molecule has 0 spiro atoms. The molecule has 0 fully saturated rings. The van der Waals surface area contributed by atoms with E-state index < -0.39 is 161 Å². The molecule has 628 valence electrons. The van der Waals surface area contributed by atoms with Crippen LogP contribution in [-0.4, -0.2) is 211 Å². The molecule has 41 nitrogen and oxygen atoms in total. The summed E-state index contributed by atoms with van der Waals surface area (Å²) >= 11 is 0. The molecule has 0 aliphatic rings. The van der Waals surface area contributed by atoms with Gasteiger partial charge in [0.1, 0.15) is 66.5 Å². The maximum Gasteiger partial charge on any atom is 0.243 e. The first kappa shape index (κ1) is 96.8. The van der Waals surface area contributed by atoms with E-state index in [4.69, 9.17) is 68.8 Å². The van der Waals surface area contributed by atoms with E-state index in [0.717, 1.165) is 0 Å². The summed E-state index contributed by atoms with van der Waals surface area (Å²) in [6, 6.07) is -8.76. The Morgan fingerprint density at radius 2 is 0.705 bits per heavy atom. The van der Waals surface area contributed by atoms with Crippen molar-refractivity contribution >= 4 is 112 Å². The zero-order chi connectivity index (χ0) is 84.6. The number of benzene rings is 1. The lowest BCUT2D eigenvalue weighted by Crippen LogP contribution is -2.62. The molecule has 0 aliphatic heterocycles. The molecule has 0 unspecified atom stereocenters. The van der Waals surface area contributed by atoms with Gasteiger partial charge in [0.05, 0.1) is 6.04 Å². The Bertz CT molecular complexity index is 3580. The first-order valence-electron chi connectivity index (χ1n) is 37.8. The summed E-state index contributed by atoms with van der Waals surface area (Å²) in [5.41, 5.74) is 68.8. The van der Waals surface area contributed by atoms with Crippen LogP contribution in [0, 0.1) is 29.6 Å². The Morgan fingerprint density at radius 1 is 0.366 bits per heavy atom. The van der Waals surface area contributed by atoms with Crippen LogP contribution in [0.25, 0.3) is 10.9 Å². The van der Waals surface area contributed by atoms with Crippen molar-refractivity contribution in [1.29, 1.82) is 0 Å². The third-order valence-corrected chi connectivity index (χ3v) is 18.4. The maximum atomic E-state index is 15.0.